The molecule has 1 heterocycles. The molecular formula is C15H24N2. The molecule has 2 heteroatoms. The molecule has 0 spiro atoms. The van der Waals surface area contributed by atoms with Crippen LogP contribution in [0.1, 0.15) is 30.4 Å². The lowest BCUT2D eigenvalue weighted by molar-refractivity contribution is 0.206. The van der Waals surface area contributed by atoms with Crippen LogP contribution in [0.3, 0.4) is 0 Å². The number of aryl methyl sites for hydroxylation is 1. The lowest BCUT2D eigenvalue weighted by Crippen LogP contribution is -2.46. The molecule has 1 aromatic rings. The molecule has 17 heavy (non-hydrogen) atoms. The van der Waals surface area contributed by atoms with Gasteiger partial charge in [-0.15, -0.1) is 0 Å². The van der Waals surface area contributed by atoms with Crippen molar-refractivity contribution in [2.75, 3.05) is 26.7 Å². The summed E-state index contributed by atoms with van der Waals surface area (Å²) in [4.78, 5) is 2.45. The van der Waals surface area contributed by atoms with Crippen molar-refractivity contribution in [3.05, 3.63) is 35.4 Å². The van der Waals surface area contributed by atoms with Crippen LogP contribution in [-0.2, 0) is 0 Å². The standard InChI is InChI=1S/C15H24N2/c1-4-16-15-9-14(10-17(3)11-15)13-7-5-12(2)6-8-13/h5-8,14-16H,4,9-11H2,1-3H3. The zero-order chi connectivity index (χ0) is 12.3. The molecule has 1 saturated heterocycles. The van der Waals surface area contributed by atoms with Gasteiger partial charge in [0.25, 0.3) is 0 Å². The number of nitrogens with zero attached hydrogens (tertiary/aromatic N) is 1. The Kier molecular flexibility index (Phi) is 4.19. The number of piperidine rings is 1. The van der Waals surface area contributed by atoms with Gasteiger partial charge in [0.2, 0.25) is 0 Å². The second kappa shape index (κ2) is 5.65. The summed E-state index contributed by atoms with van der Waals surface area (Å²) in [6.45, 7) is 7.77. The average molecular weight is 232 g/mol. The van der Waals surface area contributed by atoms with Gasteiger partial charge in [-0.3, -0.25) is 0 Å². The zero-order valence-electron chi connectivity index (χ0n) is 11.2. The van der Waals surface area contributed by atoms with Crippen molar-refractivity contribution >= 4 is 0 Å². The Hall–Kier alpha value is -0.860. The highest BCUT2D eigenvalue weighted by Gasteiger charge is 2.25. The molecule has 2 nitrogen and oxygen atoms in total. The van der Waals surface area contributed by atoms with Gasteiger partial charge in [0, 0.05) is 19.1 Å². The van der Waals surface area contributed by atoms with Gasteiger partial charge in [-0.2, -0.15) is 0 Å². The van der Waals surface area contributed by atoms with Gasteiger partial charge in [0.1, 0.15) is 0 Å². The van der Waals surface area contributed by atoms with Gasteiger partial charge >= 0.3 is 0 Å². The summed E-state index contributed by atoms with van der Waals surface area (Å²) in [7, 11) is 2.23. The molecule has 0 radical (unpaired) electrons. The van der Waals surface area contributed by atoms with Gasteiger partial charge < -0.3 is 10.2 Å². The first-order valence-electron chi connectivity index (χ1n) is 6.67. The highest BCUT2D eigenvalue weighted by molar-refractivity contribution is 5.25. The Morgan fingerprint density at radius 2 is 1.94 bits per heavy atom. The summed E-state index contributed by atoms with van der Waals surface area (Å²) in [5.74, 6) is 0.679. The monoisotopic (exact) mass is 232 g/mol. The van der Waals surface area contributed by atoms with Crippen molar-refractivity contribution in [3.8, 4) is 0 Å². The second-order valence-corrected chi connectivity index (χ2v) is 5.32. The maximum Gasteiger partial charge on any atom is 0.0201 e. The minimum Gasteiger partial charge on any atom is -0.313 e. The maximum absolute atomic E-state index is 3.58. The molecule has 1 N–H and O–H groups in total. The third-order valence-electron chi connectivity index (χ3n) is 3.67. The highest BCUT2D eigenvalue weighted by Crippen LogP contribution is 2.26. The van der Waals surface area contributed by atoms with Crippen molar-refractivity contribution in [1.82, 2.24) is 10.2 Å². The number of hydrogen-bond acceptors (Lipinski definition) is 2. The molecule has 1 aromatic carbocycles. The topological polar surface area (TPSA) is 15.3 Å². The number of rotatable bonds is 3. The SMILES string of the molecule is CCNC1CC(c2ccc(C)cc2)CN(C)C1. The van der Waals surface area contributed by atoms with Crippen LogP contribution < -0.4 is 5.32 Å². The molecule has 2 atom stereocenters. The quantitative estimate of drug-likeness (QED) is 0.861. The Balaban J connectivity index is 2.06. The highest BCUT2D eigenvalue weighted by atomic mass is 15.1. The molecule has 94 valence electrons. The van der Waals surface area contributed by atoms with E-state index >= 15 is 0 Å². The van der Waals surface area contributed by atoms with Crippen LogP contribution in [-0.4, -0.2) is 37.6 Å². The number of hydrogen-bond donors (Lipinski definition) is 1. The Morgan fingerprint density at radius 1 is 1.24 bits per heavy atom. The van der Waals surface area contributed by atoms with Gasteiger partial charge in [-0.1, -0.05) is 36.8 Å². The van der Waals surface area contributed by atoms with Crippen LogP contribution in [0, 0.1) is 6.92 Å². The van der Waals surface area contributed by atoms with Crippen LogP contribution in [0.4, 0.5) is 0 Å². The predicted octanol–water partition coefficient (Wildman–Crippen LogP) is 2.39. The van der Waals surface area contributed by atoms with Crippen molar-refractivity contribution in [2.45, 2.75) is 32.2 Å². The summed E-state index contributed by atoms with van der Waals surface area (Å²) >= 11 is 0. The minimum atomic E-state index is 0.644. The van der Waals surface area contributed by atoms with Gasteiger partial charge in [0.15, 0.2) is 0 Å². The summed E-state index contributed by atoms with van der Waals surface area (Å²) in [5, 5.41) is 3.58. The van der Waals surface area contributed by atoms with E-state index in [1.165, 1.54) is 30.6 Å². The predicted molar refractivity (Wildman–Crippen MR) is 73.5 cm³/mol. The number of likely N-dealkylation sites (tertiary alicyclic amines) is 1. The summed E-state index contributed by atoms with van der Waals surface area (Å²) in [6.07, 6.45) is 1.27. The normalized spacial score (nSPS) is 26.1. The number of likely N-dealkylation sites (N-methyl/N-ethyl adjacent to an activating group) is 2. The fraction of sp³-hybridized carbons (Fsp3) is 0.600. The first-order valence-corrected chi connectivity index (χ1v) is 6.67. The van der Waals surface area contributed by atoms with Crippen LogP contribution >= 0.6 is 0 Å². The van der Waals surface area contributed by atoms with Crippen molar-refractivity contribution in [1.29, 1.82) is 0 Å². The summed E-state index contributed by atoms with van der Waals surface area (Å²) in [5.41, 5.74) is 2.84. The molecule has 1 aliphatic rings. The van der Waals surface area contributed by atoms with E-state index in [2.05, 4.69) is 55.4 Å². The third-order valence-corrected chi connectivity index (χ3v) is 3.67. The van der Waals surface area contributed by atoms with Crippen molar-refractivity contribution < 1.29 is 0 Å². The first-order chi connectivity index (χ1) is 8.19. The molecule has 1 aliphatic heterocycles. The molecule has 0 aromatic heterocycles. The maximum atomic E-state index is 3.58. The van der Waals surface area contributed by atoms with Crippen LogP contribution in [0.5, 0.6) is 0 Å². The molecule has 0 amide bonds. The Morgan fingerprint density at radius 3 is 2.59 bits per heavy atom. The molecule has 2 rings (SSSR count). The molecular weight excluding hydrogens is 208 g/mol. The molecule has 0 saturated carbocycles. The van der Waals surface area contributed by atoms with Gasteiger partial charge in [-0.05, 0) is 38.4 Å². The molecule has 1 fully saturated rings. The average Bonchev–Trinajstić information content (AvgIpc) is 2.29. The minimum absolute atomic E-state index is 0.644. The van der Waals surface area contributed by atoms with Crippen molar-refractivity contribution in [2.24, 2.45) is 0 Å². The fourth-order valence-corrected chi connectivity index (χ4v) is 2.84. The largest absolute Gasteiger partial charge is 0.313 e. The Labute approximate surface area is 105 Å². The fourth-order valence-electron chi connectivity index (χ4n) is 2.84. The lowest BCUT2D eigenvalue weighted by atomic mass is 9.88. The van der Waals surface area contributed by atoms with Gasteiger partial charge in [0.05, 0.1) is 0 Å². The van der Waals surface area contributed by atoms with E-state index in [1.54, 1.807) is 0 Å². The summed E-state index contributed by atoms with van der Waals surface area (Å²) < 4.78 is 0. The van der Waals surface area contributed by atoms with Gasteiger partial charge in [-0.25, -0.2) is 0 Å². The van der Waals surface area contributed by atoms with E-state index in [9.17, 15) is 0 Å². The van der Waals surface area contributed by atoms with E-state index in [0.717, 1.165) is 6.54 Å². The van der Waals surface area contributed by atoms with E-state index in [-0.39, 0.29) is 0 Å². The first kappa shape index (κ1) is 12.6. The van der Waals surface area contributed by atoms with Crippen LogP contribution in [0.2, 0.25) is 0 Å². The third kappa shape index (κ3) is 3.30. The van der Waals surface area contributed by atoms with E-state index in [4.69, 9.17) is 0 Å². The van der Waals surface area contributed by atoms with Crippen LogP contribution in [0.15, 0.2) is 24.3 Å². The number of benzene rings is 1. The Bertz CT molecular complexity index is 344. The summed E-state index contributed by atoms with van der Waals surface area (Å²) in [6, 6.07) is 9.69. The lowest BCUT2D eigenvalue weighted by Gasteiger charge is -2.36. The zero-order valence-corrected chi connectivity index (χ0v) is 11.2. The van der Waals surface area contributed by atoms with E-state index in [1.807, 2.05) is 0 Å². The smallest absolute Gasteiger partial charge is 0.0201 e. The molecule has 2 unspecified atom stereocenters. The van der Waals surface area contributed by atoms with Crippen LogP contribution in [0.25, 0.3) is 0 Å². The molecule has 0 aliphatic carbocycles. The van der Waals surface area contributed by atoms with E-state index < -0.39 is 0 Å². The second-order valence-electron chi connectivity index (χ2n) is 5.32. The molecule has 0 bridgehead atoms. The van der Waals surface area contributed by atoms with E-state index in [0.29, 0.717) is 12.0 Å². The number of nitrogens with one attached hydrogen (secondary N) is 1. The van der Waals surface area contributed by atoms with Crippen molar-refractivity contribution in [3.63, 3.8) is 0 Å².